The molecule has 6 heterocycles. The van der Waals surface area contributed by atoms with Gasteiger partial charge in [-0.05, 0) is 91.0 Å². The van der Waals surface area contributed by atoms with Gasteiger partial charge in [0.1, 0.15) is 34.0 Å². The van der Waals surface area contributed by atoms with Crippen LogP contribution in [0.2, 0.25) is 0 Å². The normalized spacial score (nSPS) is 18.0. The molecule has 2 unspecified atom stereocenters. The van der Waals surface area contributed by atoms with Gasteiger partial charge in [-0.25, -0.2) is 19.9 Å². The third kappa shape index (κ3) is 7.82. The Bertz CT molecular complexity index is 2660. The average Bonchev–Trinajstić information content (AvgIpc) is 3.97. The van der Waals surface area contributed by atoms with Crippen molar-refractivity contribution in [3.8, 4) is 0 Å². The molecule has 2 aliphatic carbocycles. The fourth-order valence-electron chi connectivity index (χ4n) is 7.94. The highest BCUT2D eigenvalue weighted by molar-refractivity contribution is 8.14. The van der Waals surface area contributed by atoms with Crippen molar-refractivity contribution in [2.45, 2.75) is 75.0 Å². The van der Waals surface area contributed by atoms with Crippen molar-refractivity contribution in [3.05, 3.63) is 81.1 Å². The zero-order valence-corrected chi connectivity index (χ0v) is 35.0. The molecule has 2 aliphatic heterocycles. The van der Waals surface area contributed by atoms with Gasteiger partial charge >= 0.3 is 5.97 Å². The SMILES string of the molecule is CC(C)CNC(=O)C1CCc2c(sc3ncnc(Nc4ccc5c(c4)SC(=O)C5)c23)C1.O=C1Cc2ccc(Nc3ncnc4sc5c(c34)CCC(C(=O)O)C5)cc2S1. The van der Waals surface area contributed by atoms with Crippen LogP contribution in [0.4, 0.5) is 23.0 Å². The van der Waals surface area contributed by atoms with Gasteiger partial charge in [0.05, 0.1) is 16.7 Å². The molecule has 4 aromatic heterocycles. The third-order valence-corrected chi connectivity index (χ3v) is 15.1. The summed E-state index contributed by atoms with van der Waals surface area (Å²) < 4.78 is 0. The second-order valence-corrected chi connectivity index (χ2v) is 19.7. The van der Waals surface area contributed by atoms with Gasteiger partial charge in [0.25, 0.3) is 0 Å². The summed E-state index contributed by atoms with van der Waals surface area (Å²) in [6.45, 7) is 4.94. The van der Waals surface area contributed by atoms with Gasteiger partial charge in [-0.2, -0.15) is 0 Å². The number of benzene rings is 2. The standard InChI is InChI=1S/C23H24N4O2S2.C19H15N3O3S2/c1-12(2)10-24-22(29)14-4-6-16-18(7-14)31-23-20(16)21(25-11-26-23)27-15-5-3-13-8-19(28)30-17(13)9-15;23-15-6-9-1-3-11(7-13(9)26-15)22-17-16-12-4-2-10(19(24)25)5-14(12)27-18(16)21-8-20-17/h3,5,9,11-12,14H,4,6-8,10H2,1-2H3,(H,24,29)(H,25,26,27);1,3,7-8,10H,2,4-6H2,(H,24,25)(H,20,21,22). The maximum atomic E-state index is 12.6. The van der Waals surface area contributed by atoms with Crippen LogP contribution in [0.15, 0.2) is 58.8 Å². The Morgan fingerprint density at radius 1 is 0.741 bits per heavy atom. The summed E-state index contributed by atoms with van der Waals surface area (Å²) in [6, 6.07) is 12.0. The molecule has 1 amide bonds. The van der Waals surface area contributed by atoms with Crippen LogP contribution in [0.25, 0.3) is 20.4 Å². The maximum absolute atomic E-state index is 12.6. The Hall–Kier alpha value is -4.90. The Balaban J connectivity index is 0.000000152. The molecule has 12 nitrogen and oxygen atoms in total. The summed E-state index contributed by atoms with van der Waals surface area (Å²) in [5.41, 5.74) is 6.39. The molecule has 6 aromatic rings. The Morgan fingerprint density at radius 2 is 1.24 bits per heavy atom. The predicted octanol–water partition coefficient (Wildman–Crippen LogP) is 8.29. The molecule has 0 bridgehead atoms. The number of carboxylic acid groups (broad SMARTS) is 1. The molecular formula is C42H39N7O5S4. The number of nitrogens with one attached hydrogen (secondary N) is 3. The maximum Gasteiger partial charge on any atom is 0.306 e. The van der Waals surface area contributed by atoms with Crippen molar-refractivity contribution < 1.29 is 24.3 Å². The number of rotatable bonds is 8. The number of carbonyl (C=O) groups excluding carboxylic acids is 3. The molecule has 4 aliphatic rings. The van der Waals surface area contributed by atoms with Crippen molar-refractivity contribution in [1.29, 1.82) is 0 Å². The van der Waals surface area contributed by atoms with E-state index in [4.69, 9.17) is 0 Å². The first-order valence-corrected chi connectivity index (χ1v) is 22.5. The molecule has 0 saturated carbocycles. The van der Waals surface area contributed by atoms with Crippen molar-refractivity contribution in [2.24, 2.45) is 17.8 Å². The average molecular weight is 850 g/mol. The number of aromatic nitrogens is 4. The number of hydrogen-bond donors (Lipinski definition) is 4. The van der Waals surface area contributed by atoms with E-state index in [0.29, 0.717) is 31.6 Å². The van der Waals surface area contributed by atoms with Gasteiger partial charge in [-0.1, -0.05) is 49.5 Å². The minimum atomic E-state index is -0.729. The molecule has 16 heteroatoms. The van der Waals surface area contributed by atoms with Crippen LogP contribution in [0.3, 0.4) is 0 Å². The van der Waals surface area contributed by atoms with E-state index in [1.165, 1.54) is 45.9 Å². The zero-order chi connectivity index (χ0) is 40.1. The fourth-order valence-corrected chi connectivity index (χ4v) is 12.3. The third-order valence-electron chi connectivity index (χ3n) is 10.9. The highest BCUT2D eigenvalue weighted by atomic mass is 32.2. The van der Waals surface area contributed by atoms with E-state index in [2.05, 4.69) is 49.7 Å². The first-order chi connectivity index (χ1) is 28.1. The molecule has 0 saturated heterocycles. The van der Waals surface area contributed by atoms with Crippen LogP contribution >= 0.6 is 46.2 Å². The van der Waals surface area contributed by atoms with E-state index in [1.807, 2.05) is 36.4 Å². The van der Waals surface area contributed by atoms with Gasteiger partial charge < -0.3 is 21.1 Å². The number of aliphatic carboxylic acids is 1. The minimum Gasteiger partial charge on any atom is -0.481 e. The van der Waals surface area contributed by atoms with E-state index in [0.717, 1.165) is 101 Å². The first kappa shape index (κ1) is 38.6. The molecular weight excluding hydrogens is 811 g/mol. The number of thiophene rings is 2. The van der Waals surface area contributed by atoms with E-state index < -0.39 is 5.97 Å². The summed E-state index contributed by atoms with van der Waals surface area (Å²) >= 11 is 5.82. The van der Waals surface area contributed by atoms with Crippen molar-refractivity contribution in [1.82, 2.24) is 25.3 Å². The molecule has 2 aromatic carbocycles. The second kappa shape index (κ2) is 16.0. The van der Waals surface area contributed by atoms with E-state index in [-0.39, 0.29) is 28.0 Å². The van der Waals surface area contributed by atoms with Crippen molar-refractivity contribution in [3.63, 3.8) is 0 Å². The van der Waals surface area contributed by atoms with E-state index >= 15 is 0 Å². The summed E-state index contributed by atoms with van der Waals surface area (Å²) in [5.74, 6) is 1.11. The Morgan fingerprint density at radius 3 is 1.74 bits per heavy atom. The number of nitrogens with zero attached hydrogens (tertiary/aromatic N) is 4. The Kier molecular flexibility index (Phi) is 10.7. The van der Waals surface area contributed by atoms with Crippen LogP contribution in [0.1, 0.15) is 58.7 Å². The van der Waals surface area contributed by atoms with Crippen LogP contribution in [-0.2, 0) is 57.7 Å². The Labute approximate surface area is 350 Å². The highest BCUT2D eigenvalue weighted by Crippen LogP contribution is 2.43. The van der Waals surface area contributed by atoms with Crippen LogP contribution in [0, 0.1) is 17.8 Å². The lowest BCUT2D eigenvalue weighted by Crippen LogP contribution is -2.35. The molecule has 296 valence electrons. The van der Waals surface area contributed by atoms with E-state index in [1.54, 1.807) is 29.0 Å². The topological polar surface area (TPSA) is 176 Å². The number of amides is 1. The lowest BCUT2D eigenvalue weighted by atomic mass is 9.87. The summed E-state index contributed by atoms with van der Waals surface area (Å²) in [7, 11) is 0. The number of anilines is 4. The van der Waals surface area contributed by atoms with Crippen molar-refractivity contribution >= 4 is 112 Å². The van der Waals surface area contributed by atoms with Gasteiger partial charge in [-0.3, -0.25) is 19.2 Å². The molecule has 0 spiro atoms. The predicted molar refractivity (Wildman–Crippen MR) is 230 cm³/mol. The highest BCUT2D eigenvalue weighted by Gasteiger charge is 2.31. The van der Waals surface area contributed by atoms with Gasteiger partial charge in [0.2, 0.25) is 5.91 Å². The quantitative estimate of drug-likeness (QED) is 0.115. The second-order valence-electron chi connectivity index (χ2n) is 15.4. The molecule has 0 fully saturated rings. The fraction of sp³-hybridized carbons (Fsp3) is 0.333. The molecule has 4 N–H and O–H groups in total. The minimum absolute atomic E-state index is 0.0231. The van der Waals surface area contributed by atoms with Crippen LogP contribution < -0.4 is 16.0 Å². The lowest BCUT2D eigenvalue weighted by molar-refractivity contribution is -0.142. The number of aryl methyl sites for hydroxylation is 2. The number of carbonyl (C=O) groups is 4. The molecule has 0 radical (unpaired) electrons. The van der Waals surface area contributed by atoms with Crippen LogP contribution in [0.5, 0.6) is 0 Å². The number of hydrogen-bond acceptors (Lipinski definition) is 14. The zero-order valence-electron chi connectivity index (χ0n) is 31.7. The molecule has 10 rings (SSSR count). The van der Waals surface area contributed by atoms with Crippen LogP contribution in [-0.4, -0.2) is 53.7 Å². The van der Waals surface area contributed by atoms with Crippen molar-refractivity contribution in [2.75, 3.05) is 17.2 Å². The van der Waals surface area contributed by atoms with E-state index in [9.17, 15) is 24.3 Å². The summed E-state index contributed by atoms with van der Waals surface area (Å²) in [5, 5.41) is 21.6. The first-order valence-electron chi connectivity index (χ1n) is 19.3. The van der Waals surface area contributed by atoms with Gasteiger partial charge in [0.15, 0.2) is 10.2 Å². The van der Waals surface area contributed by atoms with Gasteiger partial charge in [0, 0.05) is 56.2 Å². The largest absolute Gasteiger partial charge is 0.481 e. The molecule has 58 heavy (non-hydrogen) atoms. The number of fused-ring (bicyclic) bond motifs is 8. The number of carboxylic acids is 1. The summed E-state index contributed by atoms with van der Waals surface area (Å²) in [4.78, 5) is 71.3. The molecule has 2 atom stereocenters. The lowest BCUT2D eigenvalue weighted by Gasteiger charge is -2.22. The smallest absolute Gasteiger partial charge is 0.306 e. The monoisotopic (exact) mass is 849 g/mol. The van der Waals surface area contributed by atoms with Gasteiger partial charge in [-0.15, -0.1) is 22.7 Å². The summed E-state index contributed by atoms with van der Waals surface area (Å²) in [6.07, 6.45) is 8.49. The number of thioether (sulfide) groups is 2.